The number of rotatable bonds is 1. The Morgan fingerprint density at radius 1 is 0.800 bits per heavy atom. The van der Waals surface area contributed by atoms with Gasteiger partial charge in [-0.1, -0.05) is 48.5 Å². The van der Waals surface area contributed by atoms with Crippen LogP contribution in [0.1, 0.15) is 5.56 Å². The molecule has 6 aromatic rings. The Labute approximate surface area is 171 Å². The summed E-state index contributed by atoms with van der Waals surface area (Å²) in [6, 6.07) is 29.8. The molecule has 0 saturated carbocycles. The maximum atomic E-state index is 6.07. The molecule has 3 heterocycles. The van der Waals surface area contributed by atoms with Crippen LogP contribution in [0.3, 0.4) is 0 Å². The van der Waals surface area contributed by atoms with Gasteiger partial charge in [0.2, 0.25) is 0 Å². The van der Waals surface area contributed by atoms with E-state index in [4.69, 9.17) is 9.15 Å². The predicted molar refractivity (Wildman–Crippen MR) is 118 cm³/mol. The van der Waals surface area contributed by atoms with Gasteiger partial charge in [-0.3, -0.25) is 4.57 Å². The Kier molecular flexibility index (Phi) is 3.03. The lowest BCUT2D eigenvalue weighted by atomic mass is 9.97. The first-order valence-electron chi connectivity index (χ1n) is 10.0. The molecule has 0 aliphatic carbocycles. The maximum absolute atomic E-state index is 6.07. The van der Waals surface area contributed by atoms with Crippen LogP contribution in [0.15, 0.2) is 89.3 Å². The van der Waals surface area contributed by atoms with Crippen molar-refractivity contribution in [2.75, 3.05) is 0 Å². The zero-order valence-corrected chi connectivity index (χ0v) is 16.0. The van der Waals surface area contributed by atoms with Gasteiger partial charge in [-0.15, -0.1) is 0 Å². The Bertz CT molecular complexity index is 1610. The van der Waals surface area contributed by atoms with Gasteiger partial charge in [0.25, 0.3) is 0 Å². The highest BCUT2D eigenvalue weighted by molar-refractivity contribution is 6.12. The molecule has 0 atom stereocenters. The van der Waals surface area contributed by atoms with E-state index in [2.05, 4.69) is 58.1 Å². The molecule has 142 valence electrons. The zero-order chi connectivity index (χ0) is 19.7. The molecule has 2 aromatic heterocycles. The van der Waals surface area contributed by atoms with Crippen molar-refractivity contribution < 1.29 is 9.15 Å². The first-order chi connectivity index (χ1) is 14.9. The average molecular weight is 388 g/mol. The second-order valence-electron chi connectivity index (χ2n) is 7.63. The first kappa shape index (κ1) is 15.8. The molecule has 30 heavy (non-hydrogen) atoms. The van der Waals surface area contributed by atoms with Crippen LogP contribution in [0, 0.1) is 0 Å². The number of furan rings is 1. The summed E-state index contributed by atoms with van der Waals surface area (Å²) in [5, 5.41) is 2.29. The molecule has 0 fully saturated rings. The van der Waals surface area contributed by atoms with Crippen LogP contribution < -0.4 is 4.74 Å². The van der Waals surface area contributed by atoms with Crippen LogP contribution >= 0.6 is 0 Å². The fourth-order valence-corrected chi connectivity index (χ4v) is 4.58. The van der Waals surface area contributed by atoms with Gasteiger partial charge in [-0.05, 0) is 47.5 Å². The van der Waals surface area contributed by atoms with Gasteiger partial charge < -0.3 is 9.15 Å². The third kappa shape index (κ3) is 2.08. The van der Waals surface area contributed by atoms with Crippen molar-refractivity contribution in [2.45, 2.75) is 6.61 Å². The standard InChI is InChI=1S/C26H16N2O2/c1-4-10-23-19(6-1)25-18(7-5-11-24(25)30-23)16-12-13-21-17(14-16)15-29-26-27-20-8-2-3-9-22(20)28(21)26/h1-14H,15H2. The molecule has 0 bridgehead atoms. The number of ether oxygens (including phenoxy) is 1. The Morgan fingerprint density at radius 2 is 1.67 bits per heavy atom. The molecule has 0 saturated heterocycles. The minimum atomic E-state index is 0.509. The highest BCUT2D eigenvalue weighted by atomic mass is 16.5. The lowest BCUT2D eigenvalue weighted by Gasteiger charge is -2.20. The molecule has 1 aliphatic heterocycles. The molecule has 4 nitrogen and oxygen atoms in total. The summed E-state index contributed by atoms with van der Waals surface area (Å²) in [6.45, 7) is 0.509. The first-order valence-corrected chi connectivity index (χ1v) is 10.0. The average Bonchev–Trinajstić information content (AvgIpc) is 3.37. The summed E-state index contributed by atoms with van der Waals surface area (Å²) in [5.74, 6) is 0. The van der Waals surface area contributed by atoms with E-state index in [1.54, 1.807) is 0 Å². The molecular weight excluding hydrogens is 372 g/mol. The lowest BCUT2D eigenvalue weighted by Crippen LogP contribution is -2.12. The van der Waals surface area contributed by atoms with Crippen molar-refractivity contribution >= 4 is 33.0 Å². The van der Waals surface area contributed by atoms with Crippen molar-refractivity contribution in [3.8, 4) is 22.8 Å². The number of aromatic nitrogens is 2. The number of nitrogens with zero attached hydrogens (tertiary/aromatic N) is 2. The van der Waals surface area contributed by atoms with Crippen LogP contribution in [0.5, 0.6) is 6.01 Å². The molecule has 0 N–H and O–H groups in total. The second kappa shape index (κ2) is 5.74. The van der Waals surface area contributed by atoms with Crippen molar-refractivity contribution in [3.63, 3.8) is 0 Å². The number of hydrogen-bond donors (Lipinski definition) is 0. The third-order valence-corrected chi connectivity index (χ3v) is 5.92. The van der Waals surface area contributed by atoms with E-state index in [-0.39, 0.29) is 0 Å². The smallest absolute Gasteiger partial charge is 0.302 e. The Hall–Kier alpha value is -4.05. The van der Waals surface area contributed by atoms with Gasteiger partial charge in [0.05, 0.1) is 16.7 Å². The van der Waals surface area contributed by atoms with Crippen LogP contribution in [0.4, 0.5) is 0 Å². The van der Waals surface area contributed by atoms with Gasteiger partial charge in [0.15, 0.2) is 0 Å². The van der Waals surface area contributed by atoms with Crippen molar-refractivity contribution in [2.24, 2.45) is 0 Å². The number of fused-ring (bicyclic) bond motifs is 8. The molecule has 7 rings (SSSR count). The van der Waals surface area contributed by atoms with E-state index in [9.17, 15) is 0 Å². The van der Waals surface area contributed by atoms with Gasteiger partial charge >= 0.3 is 6.01 Å². The van der Waals surface area contributed by atoms with E-state index in [0.717, 1.165) is 49.8 Å². The van der Waals surface area contributed by atoms with E-state index < -0.39 is 0 Å². The largest absolute Gasteiger partial charge is 0.459 e. The van der Waals surface area contributed by atoms with Crippen LogP contribution in [-0.4, -0.2) is 9.55 Å². The molecule has 0 radical (unpaired) electrons. The minimum absolute atomic E-state index is 0.509. The van der Waals surface area contributed by atoms with E-state index >= 15 is 0 Å². The van der Waals surface area contributed by atoms with Crippen LogP contribution in [-0.2, 0) is 6.61 Å². The molecule has 0 unspecified atom stereocenters. The van der Waals surface area contributed by atoms with Crippen molar-refractivity contribution in [1.82, 2.24) is 9.55 Å². The van der Waals surface area contributed by atoms with Crippen molar-refractivity contribution in [3.05, 3.63) is 90.5 Å². The van der Waals surface area contributed by atoms with E-state index in [1.807, 2.05) is 36.4 Å². The van der Waals surface area contributed by atoms with E-state index in [0.29, 0.717) is 12.6 Å². The highest BCUT2D eigenvalue weighted by Crippen LogP contribution is 2.39. The molecular formula is C26H16N2O2. The SMILES string of the molecule is c1ccc2c(c1)nc1n2-c2ccc(-c3cccc4oc5ccccc5c34)cc2CO1. The van der Waals surface area contributed by atoms with Gasteiger partial charge in [0, 0.05) is 16.3 Å². The normalized spacial score (nSPS) is 12.8. The monoisotopic (exact) mass is 388 g/mol. The molecule has 4 heteroatoms. The molecule has 0 spiro atoms. The summed E-state index contributed by atoms with van der Waals surface area (Å²) in [7, 11) is 0. The van der Waals surface area contributed by atoms with E-state index in [1.165, 1.54) is 5.56 Å². The Morgan fingerprint density at radius 3 is 2.67 bits per heavy atom. The quantitative estimate of drug-likeness (QED) is 0.323. The summed E-state index contributed by atoms with van der Waals surface area (Å²) >= 11 is 0. The number of benzene rings is 4. The number of imidazole rings is 1. The van der Waals surface area contributed by atoms with Crippen LogP contribution in [0.25, 0.3) is 49.8 Å². The second-order valence-corrected chi connectivity index (χ2v) is 7.63. The molecule has 0 amide bonds. The third-order valence-electron chi connectivity index (χ3n) is 5.92. The fraction of sp³-hybridized carbons (Fsp3) is 0.0385. The highest BCUT2D eigenvalue weighted by Gasteiger charge is 2.22. The zero-order valence-electron chi connectivity index (χ0n) is 16.0. The number of para-hydroxylation sites is 3. The molecule has 1 aliphatic rings. The summed E-state index contributed by atoms with van der Waals surface area (Å²) in [4.78, 5) is 4.63. The summed E-state index contributed by atoms with van der Waals surface area (Å²) < 4.78 is 14.2. The minimum Gasteiger partial charge on any atom is -0.459 e. The Balaban J connectivity index is 1.47. The van der Waals surface area contributed by atoms with Gasteiger partial charge in [-0.25, -0.2) is 0 Å². The summed E-state index contributed by atoms with van der Waals surface area (Å²) in [6.07, 6.45) is 0. The van der Waals surface area contributed by atoms with Crippen molar-refractivity contribution in [1.29, 1.82) is 0 Å². The topological polar surface area (TPSA) is 40.2 Å². The van der Waals surface area contributed by atoms with Gasteiger partial charge in [0.1, 0.15) is 17.8 Å². The predicted octanol–water partition coefficient (Wildman–Crippen LogP) is 6.48. The lowest BCUT2D eigenvalue weighted by molar-refractivity contribution is 0.266. The fourth-order valence-electron chi connectivity index (χ4n) is 4.58. The van der Waals surface area contributed by atoms with Crippen LogP contribution in [0.2, 0.25) is 0 Å². The van der Waals surface area contributed by atoms with Gasteiger partial charge in [-0.2, -0.15) is 4.98 Å². The molecule has 4 aromatic carbocycles. The maximum Gasteiger partial charge on any atom is 0.302 e. The number of hydrogen-bond acceptors (Lipinski definition) is 3. The summed E-state index contributed by atoms with van der Waals surface area (Å²) in [5.41, 5.74) is 8.42.